The Morgan fingerprint density at radius 1 is 1.42 bits per heavy atom. The van der Waals surface area contributed by atoms with Crippen molar-refractivity contribution in [3.05, 3.63) is 29.8 Å². The molecule has 1 saturated heterocycles. The number of aromatic nitrogens is 2. The molecule has 1 aliphatic rings. The van der Waals surface area contributed by atoms with Crippen LogP contribution in [0.2, 0.25) is 0 Å². The maximum atomic E-state index is 13.1. The minimum Gasteiger partial charge on any atom is -0.343 e. The first-order valence-electron chi connectivity index (χ1n) is 6.54. The van der Waals surface area contributed by atoms with Crippen LogP contribution in [0.15, 0.2) is 18.2 Å². The Bertz CT molecular complexity index is 614. The number of rotatable bonds is 1. The van der Waals surface area contributed by atoms with E-state index >= 15 is 0 Å². The van der Waals surface area contributed by atoms with Gasteiger partial charge in [-0.25, -0.2) is 9.37 Å². The van der Waals surface area contributed by atoms with Gasteiger partial charge in [0.25, 0.3) is 0 Å². The van der Waals surface area contributed by atoms with Crippen LogP contribution in [0.4, 0.5) is 4.39 Å². The number of nitrogens with one attached hydrogen (secondary N) is 1. The van der Waals surface area contributed by atoms with Crippen molar-refractivity contribution in [3.63, 3.8) is 0 Å². The van der Waals surface area contributed by atoms with Gasteiger partial charge in [-0.15, -0.1) is 0 Å². The zero-order valence-electron chi connectivity index (χ0n) is 10.8. The lowest BCUT2D eigenvalue weighted by atomic mass is 9.96. The highest BCUT2D eigenvalue weighted by atomic mass is 19.1. The van der Waals surface area contributed by atoms with Crippen LogP contribution < -0.4 is 0 Å². The fraction of sp³-hybridized carbons (Fsp3) is 0.429. The topological polar surface area (TPSA) is 49.0 Å². The number of hydrogen-bond acceptors (Lipinski definition) is 2. The SMILES string of the molecule is CC(=O)N1CCC(c2nc3ccc(F)cc3[nH]2)CC1. The Kier molecular flexibility index (Phi) is 2.97. The molecule has 2 heterocycles. The number of aromatic amines is 1. The van der Waals surface area contributed by atoms with Crippen LogP contribution in [0.5, 0.6) is 0 Å². The molecule has 4 nitrogen and oxygen atoms in total. The molecule has 3 rings (SSSR count). The molecule has 0 saturated carbocycles. The number of carbonyl (C=O) groups excluding carboxylic acids is 1. The molecule has 0 atom stereocenters. The number of piperidine rings is 1. The van der Waals surface area contributed by atoms with Gasteiger partial charge in [0, 0.05) is 25.9 Å². The van der Waals surface area contributed by atoms with Crippen LogP contribution in [-0.2, 0) is 4.79 Å². The van der Waals surface area contributed by atoms with Crippen LogP contribution >= 0.6 is 0 Å². The summed E-state index contributed by atoms with van der Waals surface area (Å²) in [5.74, 6) is 1.11. The number of hydrogen-bond donors (Lipinski definition) is 1. The van der Waals surface area contributed by atoms with Gasteiger partial charge in [-0.2, -0.15) is 0 Å². The minimum absolute atomic E-state index is 0.130. The largest absolute Gasteiger partial charge is 0.343 e. The van der Waals surface area contributed by atoms with Crippen LogP contribution in [-0.4, -0.2) is 33.9 Å². The highest BCUT2D eigenvalue weighted by Crippen LogP contribution is 2.27. The molecule has 0 unspecified atom stereocenters. The van der Waals surface area contributed by atoms with Gasteiger partial charge in [-0.3, -0.25) is 4.79 Å². The normalized spacial score (nSPS) is 17.1. The molecular weight excluding hydrogens is 245 g/mol. The molecule has 100 valence electrons. The second-order valence-electron chi connectivity index (χ2n) is 5.06. The summed E-state index contributed by atoms with van der Waals surface area (Å²) < 4.78 is 13.1. The number of carbonyl (C=O) groups is 1. The maximum absolute atomic E-state index is 13.1. The summed E-state index contributed by atoms with van der Waals surface area (Å²) in [7, 11) is 0. The van der Waals surface area contributed by atoms with Crippen molar-refractivity contribution < 1.29 is 9.18 Å². The predicted molar refractivity (Wildman–Crippen MR) is 70.3 cm³/mol. The van der Waals surface area contributed by atoms with Gasteiger partial charge in [-0.05, 0) is 31.0 Å². The second-order valence-corrected chi connectivity index (χ2v) is 5.06. The van der Waals surface area contributed by atoms with E-state index in [2.05, 4.69) is 9.97 Å². The highest BCUT2D eigenvalue weighted by Gasteiger charge is 2.24. The van der Waals surface area contributed by atoms with E-state index in [0.717, 1.165) is 42.8 Å². The molecule has 19 heavy (non-hydrogen) atoms. The molecule has 1 fully saturated rings. The average molecular weight is 261 g/mol. The molecule has 0 aliphatic carbocycles. The third-order valence-corrected chi connectivity index (χ3v) is 3.79. The van der Waals surface area contributed by atoms with Crippen molar-refractivity contribution >= 4 is 16.9 Å². The quantitative estimate of drug-likeness (QED) is 0.857. The smallest absolute Gasteiger partial charge is 0.219 e. The molecule has 1 aromatic heterocycles. The summed E-state index contributed by atoms with van der Waals surface area (Å²) in [6.45, 7) is 3.14. The van der Waals surface area contributed by atoms with Gasteiger partial charge < -0.3 is 9.88 Å². The lowest BCUT2D eigenvalue weighted by molar-refractivity contribution is -0.129. The van der Waals surface area contributed by atoms with Crippen LogP contribution in [0.25, 0.3) is 11.0 Å². The summed E-state index contributed by atoms with van der Waals surface area (Å²) in [5.41, 5.74) is 1.54. The summed E-state index contributed by atoms with van der Waals surface area (Å²) in [5, 5.41) is 0. The van der Waals surface area contributed by atoms with Crippen LogP contribution in [0, 0.1) is 5.82 Å². The maximum Gasteiger partial charge on any atom is 0.219 e. The fourth-order valence-corrected chi connectivity index (χ4v) is 2.66. The third-order valence-electron chi connectivity index (χ3n) is 3.79. The summed E-state index contributed by atoms with van der Waals surface area (Å²) >= 11 is 0. The lowest BCUT2D eigenvalue weighted by Gasteiger charge is -2.30. The van der Waals surface area contributed by atoms with Crippen LogP contribution in [0.3, 0.4) is 0 Å². The Labute approximate surface area is 110 Å². The van der Waals surface area contributed by atoms with Gasteiger partial charge in [0.15, 0.2) is 0 Å². The summed E-state index contributed by atoms with van der Waals surface area (Å²) in [4.78, 5) is 20.9. The van der Waals surface area contributed by atoms with E-state index < -0.39 is 0 Å². The number of fused-ring (bicyclic) bond motifs is 1. The molecule has 1 aromatic carbocycles. The van der Waals surface area contributed by atoms with Crippen molar-refractivity contribution in [2.75, 3.05) is 13.1 Å². The van der Waals surface area contributed by atoms with E-state index in [1.165, 1.54) is 12.1 Å². The first kappa shape index (κ1) is 12.1. The van der Waals surface area contributed by atoms with Crippen molar-refractivity contribution in [1.82, 2.24) is 14.9 Å². The highest BCUT2D eigenvalue weighted by molar-refractivity contribution is 5.75. The van der Waals surface area contributed by atoms with Gasteiger partial charge in [0.05, 0.1) is 11.0 Å². The van der Waals surface area contributed by atoms with Gasteiger partial charge >= 0.3 is 0 Å². The zero-order valence-corrected chi connectivity index (χ0v) is 10.8. The zero-order chi connectivity index (χ0) is 13.4. The van der Waals surface area contributed by atoms with Crippen molar-refractivity contribution in [3.8, 4) is 0 Å². The number of H-pyrrole nitrogens is 1. The minimum atomic E-state index is -0.255. The molecule has 1 amide bonds. The molecule has 0 spiro atoms. The molecule has 0 bridgehead atoms. The van der Waals surface area contributed by atoms with E-state index in [1.54, 1.807) is 13.0 Å². The number of likely N-dealkylation sites (tertiary alicyclic amines) is 1. The number of amides is 1. The Morgan fingerprint density at radius 3 is 2.84 bits per heavy atom. The molecule has 5 heteroatoms. The average Bonchev–Trinajstić information content (AvgIpc) is 2.81. The molecular formula is C14H16FN3O. The number of nitrogens with zero attached hydrogens (tertiary/aromatic N) is 2. The van der Waals surface area contributed by atoms with Gasteiger partial charge in [0.1, 0.15) is 11.6 Å². The van der Waals surface area contributed by atoms with E-state index in [9.17, 15) is 9.18 Å². The van der Waals surface area contributed by atoms with E-state index in [4.69, 9.17) is 0 Å². The third kappa shape index (κ3) is 2.32. The first-order chi connectivity index (χ1) is 9.13. The predicted octanol–water partition coefficient (Wildman–Crippen LogP) is 2.43. The lowest BCUT2D eigenvalue weighted by Crippen LogP contribution is -2.36. The summed E-state index contributed by atoms with van der Waals surface area (Å²) in [6.07, 6.45) is 1.81. The molecule has 1 N–H and O–H groups in total. The van der Waals surface area contributed by atoms with Crippen molar-refractivity contribution in [1.29, 1.82) is 0 Å². The van der Waals surface area contributed by atoms with Gasteiger partial charge in [-0.1, -0.05) is 0 Å². The van der Waals surface area contributed by atoms with E-state index in [1.807, 2.05) is 4.90 Å². The second kappa shape index (κ2) is 4.64. The van der Waals surface area contributed by atoms with Gasteiger partial charge in [0.2, 0.25) is 5.91 Å². The fourth-order valence-electron chi connectivity index (χ4n) is 2.66. The van der Waals surface area contributed by atoms with E-state index in [0.29, 0.717) is 5.92 Å². The van der Waals surface area contributed by atoms with Crippen LogP contribution in [0.1, 0.15) is 31.5 Å². The molecule has 0 radical (unpaired) electrons. The Morgan fingerprint density at radius 2 is 2.16 bits per heavy atom. The standard InChI is InChI=1S/C14H16FN3O/c1-9(19)18-6-4-10(5-7-18)14-16-12-3-2-11(15)8-13(12)17-14/h2-3,8,10H,4-7H2,1H3,(H,16,17). The number of imidazole rings is 1. The first-order valence-corrected chi connectivity index (χ1v) is 6.54. The van der Waals surface area contributed by atoms with Crippen molar-refractivity contribution in [2.45, 2.75) is 25.7 Å². The van der Waals surface area contributed by atoms with Crippen molar-refractivity contribution in [2.24, 2.45) is 0 Å². The Hall–Kier alpha value is -1.91. The monoisotopic (exact) mass is 261 g/mol. The summed E-state index contributed by atoms with van der Waals surface area (Å²) in [6, 6.07) is 4.58. The van der Waals surface area contributed by atoms with E-state index in [-0.39, 0.29) is 11.7 Å². The molecule has 1 aliphatic heterocycles. The Balaban J connectivity index is 1.80. The number of halogens is 1. The molecule has 2 aromatic rings. The number of benzene rings is 1.